The van der Waals surface area contributed by atoms with Crippen molar-refractivity contribution in [2.75, 3.05) is 7.05 Å². The molecule has 1 unspecified atom stereocenters. The zero-order valence-corrected chi connectivity index (χ0v) is 7.43. The van der Waals surface area contributed by atoms with Crippen LogP contribution in [-0.4, -0.2) is 35.0 Å². The fourth-order valence-electron chi connectivity index (χ4n) is 1.08. The highest BCUT2D eigenvalue weighted by Crippen LogP contribution is 2.13. The van der Waals surface area contributed by atoms with E-state index in [9.17, 15) is 9.59 Å². The van der Waals surface area contributed by atoms with Crippen LogP contribution in [0.3, 0.4) is 0 Å². The van der Waals surface area contributed by atoms with Crippen LogP contribution in [0.1, 0.15) is 12.8 Å². The van der Waals surface area contributed by atoms with Gasteiger partial charge in [0.15, 0.2) is 0 Å². The van der Waals surface area contributed by atoms with E-state index in [2.05, 4.69) is 22.4 Å². The molecule has 0 N–H and O–H groups in total. The first-order chi connectivity index (χ1) is 5.66. The maximum absolute atomic E-state index is 11.3. The predicted octanol–water partition coefficient (Wildman–Crippen LogP) is 0.237. The zero-order chi connectivity index (χ0) is 9.14. The number of piperidine rings is 1. The molecule has 4 nitrogen and oxygen atoms in total. The molecule has 1 heterocycles. The van der Waals surface area contributed by atoms with Crippen LogP contribution in [0.25, 0.3) is 0 Å². The fourth-order valence-corrected chi connectivity index (χ4v) is 1.21. The summed E-state index contributed by atoms with van der Waals surface area (Å²) >= 11 is 4.38. The number of nitrogens with zero attached hydrogens (tertiary/aromatic N) is 2. The first-order valence-corrected chi connectivity index (χ1v) is 3.95. The SMILES string of the molecule is CN1C(=O)CCC(N=C=S)C1=O. The number of aliphatic imine (C=N–C) groups is 1. The maximum Gasteiger partial charge on any atom is 0.254 e. The van der Waals surface area contributed by atoms with E-state index in [4.69, 9.17) is 0 Å². The number of thiocarbonyl (C=S) groups is 1. The van der Waals surface area contributed by atoms with Crippen molar-refractivity contribution in [3.05, 3.63) is 0 Å². The van der Waals surface area contributed by atoms with E-state index in [1.165, 1.54) is 7.05 Å². The molecule has 5 heteroatoms. The van der Waals surface area contributed by atoms with Crippen molar-refractivity contribution in [3.63, 3.8) is 0 Å². The van der Waals surface area contributed by atoms with Gasteiger partial charge in [0.2, 0.25) is 5.91 Å². The molecule has 1 aliphatic heterocycles. The number of hydrogen-bond donors (Lipinski definition) is 0. The van der Waals surface area contributed by atoms with Crippen molar-refractivity contribution in [1.82, 2.24) is 4.90 Å². The normalized spacial score (nSPS) is 23.8. The van der Waals surface area contributed by atoms with Crippen LogP contribution in [0.2, 0.25) is 0 Å². The molecule has 0 saturated carbocycles. The van der Waals surface area contributed by atoms with Crippen molar-refractivity contribution >= 4 is 29.2 Å². The van der Waals surface area contributed by atoms with E-state index in [1.54, 1.807) is 0 Å². The van der Waals surface area contributed by atoms with Crippen LogP contribution >= 0.6 is 12.2 Å². The zero-order valence-electron chi connectivity index (χ0n) is 6.61. The van der Waals surface area contributed by atoms with E-state index in [0.29, 0.717) is 12.8 Å². The van der Waals surface area contributed by atoms with Gasteiger partial charge in [-0.15, -0.1) is 0 Å². The van der Waals surface area contributed by atoms with Gasteiger partial charge >= 0.3 is 0 Å². The van der Waals surface area contributed by atoms with Crippen LogP contribution < -0.4 is 0 Å². The second-order valence-corrected chi connectivity index (χ2v) is 2.75. The molecule has 1 fully saturated rings. The van der Waals surface area contributed by atoms with Gasteiger partial charge in [0, 0.05) is 13.5 Å². The standard InChI is InChI=1S/C7H8N2O2S/c1-9-6(10)3-2-5(7(9)11)8-4-12/h5H,2-3H2,1H3. The minimum Gasteiger partial charge on any atom is -0.284 e. The quantitative estimate of drug-likeness (QED) is 0.333. The van der Waals surface area contributed by atoms with Gasteiger partial charge in [0.1, 0.15) is 6.04 Å². The fraction of sp³-hybridized carbons (Fsp3) is 0.571. The molecule has 64 valence electrons. The molecule has 12 heavy (non-hydrogen) atoms. The van der Waals surface area contributed by atoms with Crippen molar-refractivity contribution in [2.45, 2.75) is 18.9 Å². The van der Waals surface area contributed by atoms with Crippen molar-refractivity contribution in [2.24, 2.45) is 4.99 Å². The topological polar surface area (TPSA) is 49.7 Å². The van der Waals surface area contributed by atoms with Gasteiger partial charge in [-0.1, -0.05) is 0 Å². The highest BCUT2D eigenvalue weighted by Gasteiger charge is 2.30. The molecule has 0 radical (unpaired) electrons. The van der Waals surface area contributed by atoms with Crippen LogP contribution in [0.5, 0.6) is 0 Å². The van der Waals surface area contributed by atoms with Crippen molar-refractivity contribution < 1.29 is 9.59 Å². The maximum atomic E-state index is 11.3. The number of hydrogen-bond acceptors (Lipinski definition) is 4. The molecular formula is C7H8N2O2S. The molecule has 1 aliphatic rings. The molecule has 0 aromatic carbocycles. The number of likely N-dealkylation sites (N-methyl/N-ethyl adjacent to an activating group) is 1. The van der Waals surface area contributed by atoms with E-state index >= 15 is 0 Å². The van der Waals surface area contributed by atoms with Gasteiger partial charge in [0.05, 0.1) is 5.16 Å². The van der Waals surface area contributed by atoms with Crippen LogP contribution in [0.4, 0.5) is 0 Å². The highest BCUT2D eigenvalue weighted by atomic mass is 32.1. The monoisotopic (exact) mass is 184 g/mol. The third kappa shape index (κ3) is 1.57. The third-order valence-corrected chi connectivity index (χ3v) is 1.94. The molecule has 0 spiro atoms. The minimum absolute atomic E-state index is 0.157. The summed E-state index contributed by atoms with van der Waals surface area (Å²) in [6, 6.07) is -0.495. The number of imide groups is 1. The first-order valence-electron chi connectivity index (χ1n) is 3.54. The molecule has 0 aliphatic carbocycles. The number of rotatable bonds is 1. The van der Waals surface area contributed by atoms with Crippen molar-refractivity contribution in [1.29, 1.82) is 0 Å². The largest absolute Gasteiger partial charge is 0.284 e. The Bertz CT molecular complexity index is 271. The van der Waals surface area contributed by atoms with E-state index in [0.717, 1.165) is 4.90 Å². The Morgan fingerprint density at radius 2 is 2.33 bits per heavy atom. The van der Waals surface area contributed by atoms with E-state index in [-0.39, 0.29) is 11.8 Å². The molecule has 0 bridgehead atoms. The number of amides is 2. The Morgan fingerprint density at radius 3 is 2.92 bits per heavy atom. The molecule has 0 aromatic rings. The lowest BCUT2D eigenvalue weighted by molar-refractivity contribution is -0.147. The first kappa shape index (κ1) is 9.03. The number of carbonyl (C=O) groups is 2. The van der Waals surface area contributed by atoms with Gasteiger partial charge in [-0.25, -0.2) is 4.99 Å². The molecule has 2 amide bonds. The number of isothiocyanates is 1. The number of carbonyl (C=O) groups excluding carboxylic acids is 2. The number of likely N-dealkylation sites (tertiary alicyclic amines) is 1. The average Bonchev–Trinajstić information content (AvgIpc) is 2.07. The van der Waals surface area contributed by atoms with Crippen LogP contribution in [0.15, 0.2) is 4.99 Å². The predicted molar refractivity (Wildman–Crippen MR) is 45.8 cm³/mol. The molecule has 1 atom stereocenters. The summed E-state index contributed by atoms with van der Waals surface area (Å²) in [5.41, 5.74) is 0. The molecule has 1 saturated heterocycles. The summed E-state index contributed by atoms with van der Waals surface area (Å²) in [5, 5.41) is 2.15. The lowest BCUT2D eigenvalue weighted by atomic mass is 10.1. The summed E-state index contributed by atoms with van der Waals surface area (Å²) in [4.78, 5) is 27.0. The minimum atomic E-state index is -0.495. The molecule has 1 rings (SSSR count). The second kappa shape index (κ2) is 3.56. The summed E-state index contributed by atoms with van der Waals surface area (Å²) < 4.78 is 0. The van der Waals surface area contributed by atoms with Crippen LogP contribution in [-0.2, 0) is 9.59 Å². The Morgan fingerprint density at radius 1 is 1.67 bits per heavy atom. The lowest BCUT2D eigenvalue weighted by Gasteiger charge is -2.24. The Kier molecular flexibility index (Phi) is 2.68. The Balaban J connectivity index is 2.78. The second-order valence-electron chi connectivity index (χ2n) is 2.57. The van der Waals surface area contributed by atoms with Gasteiger partial charge in [0.25, 0.3) is 5.91 Å². The summed E-state index contributed by atoms with van der Waals surface area (Å²) in [6.45, 7) is 0. The summed E-state index contributed by atoms with van der Waals surface area (Å²) in [5.74, 6) is -0.445. The molecular weight excluding hydrogens is 176 g/mol. The highest BCUT2D eigenvalue weighted by molar-refractivity contribution is 7.78. The van der Waals surface area contributed by atoms with Gasteiger partial charge in [-0.3, -0.25) is 14.5 Å². The summed E-state index contributed by atoms with van der Waals surface area (Å²) in [7, 11) is 1.45. The smallest absolute Gasteiger partial charge is 0.254 e. The van der Waals surface area contributed by atoms with Crippen LogP contribution in [0, 0.1) is 0 Å². The lowest BCUT2D eigenvalue weighted by Crippen LogP contribution is -2.44. The van der Waals surface area contributed by atoms with Gasteiger partial charge in [-0.05, 0) is 18.6 Å². The van der Waals surface area contributed by atoms with Gasteiger partial charge in [-0.2, -0.15) is 0 Å². The van der Waals surface area contributed by atoms with E-state index < -0.39 is 6.04 Å². The third-order valence-electron chi connectivity index (χ3n) is 1.83. The average molecular weight is 184 g/mol. The Hall–Kier alpha value is -1.06. The summed E-state index contributed by atoms with van der Waals surface area (Å²) in [6.07, 6.45) is 0.805. The Labute approximate surface area is 75.3 Å². The van der Waals surface area contributed by atoms with Crippen molar-refractivity contribution in [3.8, 4) is 0 Å². The van der Waals surface area contributed by atoms with E-state index in [1.807, 2.05) is 0 Å². The van der Waals surface area contributed by atoms with Gasteiger partial charge < -0.3 is 0 Å². The molecule has 0 aromatic heterocycles.